The number of amides is 3. The molecule has 2 aromatic carbocycles. The molecule has 8 heteroatoms. The first-order valence-corrected chi connectivity index (χ1v) is 12.6. The van der Waals surface area contributed by atoms with Gasteiger partial charge in [0.2, 0.25) is 11.8 Å². The molecule has 182 valence electrons. The van der Waals surface area contributed by atoms with Gasteiger partial charge in [-0.15, -0.1) is 11.3 Å². The van der Waals surface area contributed by atoms with Gasteiger partial charge in [-0.2, -0.15) is 0 Å². The van der Waals surface area contributed by atoms with E-state index in [-0.39, 0.29) is 24.4 Å². The number of carbonyl (C=O) groups excluding carboxylic acids is 3. The molecule has 0 spiro atoms. The smallest absolute Gasteiger partial charge is 0.261 e. The van der Waals surface area contributed by atoms with Gasteiger partial charge in [-0.05, 0) is 66.6 Å². The Morgan fingerprint density at radius 1 is 1.06 bits per heavy atom. The molecule has 1 aliphatic rings. The van der Waals surface area contributed by atoms with Gasteiger partial charge in [-0.3, -0.25) is 19.3 Å². The molecule has 1 fully saturated rings. The van der Waals surface area contributed by atoms with Crippen LogP contribution in [0.1, 0.15) is 52.5 Å². The van der Waals surface area contributed by atoms with Crippen molar-refractivity contribution in [3.63, 3.8) is 0 Å². The Bertz CT molecular complexity index is 1170. The summed E-state index contributed by atoms with van der Waals surface area (Å²) in [5.41, 5.74) is 1.93. The summed E-state index contributed by atoms with van der Waals surface area (Å²) in [4.78, 5) is 41.6. The van der Waals surface area contributed by atoms with Crippen molar-refractivity contribution in [2.75, 3.05) is 11.4 Å². The number of nitrogens with one attached hydrogen (secondary N) is 2. The molecule has 1 aromatic heterocycles. The lowest BCUT2D eigenvalue weighted by Crippen LogP contribution is -2.49. The third kappa shape index (κ3) is 6.14. The van der Waals surface area contributed by atoms with Crippen molar-refractivity contribution in [1.29, 1.82) is 0 Å². The molecular formula is C27H28FN3O3S. The van der Waals surface area contributed by atoms with E-state index < -0.39 is 17.8 Å². The number of rotatable bonds is 8. The summed E-state index contributed by atoms with van der Waals surface area (Å²) in [6, 6.07) is 15.3. The molecule has 3 aromatic rings. The summed E-state index contributed by atoms with van der Waals surface area (Å²) < 4.78 is 13.7. The van der Waals surface area contributed by atoms with Crippen LogP contribution < -0.4 is 15.5 Å². The van der Waals surface area contributed by atoms with Crippen molar-refractivity contribution < 1.29 is 18.8 Å². The average Bonchev–Trinajstić information content (AvgIpc) is 3.56. The molecule has 0 unspecified atom stereocenters. The van der Waals surface area contributed by atoms with E-state index in [1.807, 2.05) is 25.1 Å². The molecule has 3 amide bonds. The van der Waals surface area contributed by atoms with E-state index in [9.17, 15) is 18.8 Å². The molecule has 2 N–H and O–H groups in total. The van der Waals surface area contributed by atoms with Crippen LogP contribution in [0.4, 0.5) is 10.1 Å². The highest BCUT2D eigenvalue weighted by atomic mass is 32.1. The summed E-state index contributed by atoms with van der Waals surface area (Å²) in [5, 5.41) is 7.54. The van der Waals surface area contributed by atoms with Crippen LogP contribution in [0.15, 0.2) is 66.0 Å². The van der Waals surface area contributed by atoms with E-state index in [0.29, 0.717) is 16.1 Å². The maximum Gasteiger partial charge on any atom is 0.261 e. The summed E-state index contributed by atoms with van der Waals surface area (Å²) in [6.07, 6.45) is 3.86. The summed E-state index contributed by atoms with van der Waals surface area (Å²) in [7, 11) is 0. The van der Waals surface area contributed by atoms with Crippen molar-refractivity contribution >= 4 is 34.7 Å². The fraction of sp³-hybridized carbons (Fsp3) is 0.296. The van der Waals surface area contributed by atoms with Crippen LogP contribution in [0.25, 0.3) is 0 Å². The molecule has 4 rings (SSSR count). The highest BCUT2D eigenvalue weighted by Crippen LogP contribution is 2.30. The van der Waals surface area contributed by atoms with E-state index in [4.69, 9.17) is 0 Å². The predicted molar refractivity (Wildman–Crippen MR) is 135 cm³/mol. The van der Waals surface area contributed by atoms with E-state index in [1.54, 1.807) is 23.6 Å². The molecule has 0 radical (unpaired) electrons. The molecule has 1 heterocycles. The number of carbonyl (C=O) groups is 3. The largest absolute Gasteiger partial charge is 0.351 e. The first kappa shape index (κ1) is 24.6. The minimum absolute atomic E-state index is 0.0402. The predicted octanol–water partition coefficient (Wildman–Crippen LogP) is 4.76. The Kier molecular flexibility index (Phi) is 7.92. The van der Waals surface area contributed by atoms with Crippen LogP contribution >= 0.6 is 11.3 Å². The lowest BCUT2D eigenvalue weighted by Gasteiger charge is -2.32. The minimum atomic E-state index is -1.02. The number of hydrogen-bond acceptors (Lipinski definition) is 4. The fourth-order valence-corrected chi connectivity index (χ4v) is 5.00. The van der Waals surface area contributed by atoms with Crippen LogP contribution in [0.2, 0.25) is 0 Å². The Labute approximate surface area is 208 Å². The normalized spacial score (nSPS) is 14.3. The molecular weight excluding hydrogens is 465 g/mol. The van der Waals surface area contributed by atoms with Gasteiger partial charge < -0.3 is 10.6 Å². The Morgan fingerprint density at radius 2 is 1.80 bits per heavy atom. The quantitative estimate of drug-likeness (QED) is 0.475. The van der Waals surface area contributed by atoms with Crippen molar-refractivity contribution in [1.82, 2.24) is 10.6 Å². The first-order valence-electron chi connectivity index (χ1n) is 11.7. The number of nitrogens with zero attached hydrogens (tertiary/aromatic N) is 1. The maximum atomic E-state index is 13.7. The molecule has 35 heavy (non-hydrogen) atoms. The van der Waals surface area contributed by atoms with Crippen molar-refractivity contribution in [3.8, 4) is 0 Å². The SMILES string of the molecule is Cc1cccc(N(C(=O)CNC(=O)c2cccs2)[C@@H](C(=O)NC2CCCC2)c2ccc(F)cc2)c1. The molecule has 0 saturated heterocycles. The number of benzene rings is 2. The van der Waals surface area contributed by atoms with Crippen molar-refractivity contribution in [2.45, 2.75) is 44.7 Å². The van der Waals surface area contributed by atoms with E-state index >= 15 is 0 Å². The lowest BCUT2D eigenvalue weighted by atomic mass is 10.0. The highest BCUT2D eigenvalue weighted by Gasteiger charge is 2.34. The van der Waals surface area contributed by atoms with E-state index in [0.717, 1.165) is 31.2 Å². The van der Waals surface area contributed by atoms with Crippen LogP contribution in [0.5, 0.6) is 0 Å². The zero-order valence-corrected chi connectivity index (χ0v) is 20.3. The molecule has 1 atom stereocenters. The van der Waals surface area contributed by atoms with Crippen LogP contribution in [0.3, 0.4) is 0 Å². The van der Waals surface area contributed by atoms with Gasteiger partial charge in [-0.1, -0.05) is 43.2 Å². The molecule has 0 bridgehead atoms. The van der Waals surface area contributed by atoms with Gasteiger partial charge >= 0.3 is 0 Å². The molecule has 1 aliphatic carbocycles. The maximum absolute atomic E-state index is 13.7. The Balaban J connectivity index is 1.68. The number of anilines is 1. The van der Waals surface area contributed by atoms with Crippen LogP contribution in [0, 0.1) is 12.7 Å². The lowest BCUT2D eigenvalue weighted by molar-refractivity contribution is -0.126. The van der Waals surface area contributed by atoms with Gasteiger partial charge in [0, 0.05) is 11.7 Å². The number of hydrogen-bond donors (Lipinski definition) is 2. The topological polar surface area (TPSA) is 78.5 Å². The second kappa shape index (κ2) is 11.3. The molecule has 1 saturated carbocycles. The number of halogens is 1. The fourth-order valence-electron chi connectivity index (χ4n) is 4.36. The Hall–Kier alpha value is -3.52. The number of thiophene rings is 1. The molecule has 0 aliphatic heterocycles. The average molecular weight is 494 g/mol. The zero-order chi connectivity index (χ0) is 24.8. The summed E-state index contributed by atoms with van der Waals surface area (Å²) >= 11 is 1.28. The van der Waals surface area contributed by atoms with Crippen molar-refractivity contribution in [3.05, 3.63) is 87.9 Å². The van der Waals surface area contributed by atoms with Crippen LogP contribution in [-0.4, -0.2) is 30.3 Å². The van der Waals surface area contributed by atoms with Gasteiger partial charge in [-0.25, -0.2) is 4.39 Å². The zero-order valence-electron chi connectivity index (χ0n) is 19.5. The van der Waals surface area contributed by atoms with Gasteiger partial charge in [0.15, 0.2) is 0 Å². The summed E-state index contributed by atoms with van der Waals surface area (Å²) in [6.45, 7) is 1.61. The standard InChI is InChI=1S/C27H28FN3O3S/c1-18-6-4-9-22(16-18)31(24(32)17-29-26(33)23-10-5-15-35-23)25(19-11-13-20(28)14-12-19)27(34)30-21-7-2-3-8-21/h4-6,9-16,21,25H,2-3,7-8,17H2,1H3,(H,29,33)(H,30,34)/t25-/m1/s1. The number of aryl methyl sites for hydroxylation is 1. The third-order valence-corrected chi connectivity index (χ3v) is 6.96. The van der Waals surface area contributed by atoms with Crippen molar-refractivity contribution in [2.24, 2.45) is 0 Å². The second-order valence-corrected chi connectivity index (χ2v) is 9.65. The van der Waals surface area contributed by atoms with Crippen LogP contribution in [-0.2, 0) is 9.59 Å². The summed E-state index contributed by atoms with van der Waals surface area (Å²) in [5.74, 6) is -1.56. The van der Waals surface area contributed by atoms with E-state index in [1.165, 1.54) is 40.5 Å². The highest BCUT2D eigenvalue weighted by molar-refractivity contribution is 7.12. The second-order valence-electron chi connectivity index (χ2n) is 8.71. The van der Waals surface area contributed by atoms with E-state index in [2.05, 4.69) is 10.6 Å². The third-order valence-electron chi connectivity index (χ3n) is 6.09. The Morgan fingerprint density at radius 3 is 2.46 bits per heavy atom. The van der Waals surface area contributed by atoms with Gasteiger partial charge in [0.1, 0.15) is 11.9 Å². The first-order chi connectivity index (χ1) is 16.9. The van der Waals surface area contributed by atoms with Gasteiger partial charge in [0.25, 0.3) is 5.91 Å². The minimum Gasteiger partial charge on any atom is -0.351 e. The monoisotopic (exact) mass is 493 g/mol. The molecule has 6 nitrogen and oxygen atoms in total. The van der Waals surface area contributed by atoms with Gasteiger partial charge in [0.05, 0.1) is 11.4 Å².